The maximum absolute atomic E-state index is 10.7. The van der Waals surface area contributed by atoms with Crippen LogP contribution in [0.3, 0.4) is 0 Å². The zero-order valence-electron chi connectivity index (χ0n) is 16.6. The van der Waals surface area contributed by atoms with Crippen LogP contribution in [0.25, 0.3) is 28.6 Å². The van der Waals surface area contributed by atoms with Gasteiger partial charge >= 0.3 is 0 Å². The van der Waals surface area contributed by atoms with Crippen LogP contribution in [0.2, 0.25) is 0 Å². The van der Waals surface area contributed by atoms with Gasteiger partial charge in [-0.05, 0) is 79.1 Å². The number of oxazole rings is 1. The Balaban J connectivity index is 1.49. The number of hydrogen-bond acceptors (Lipinski definition) is 5. The molecule has 0 radical (unpaired) electrons. The van der Waals surface area contributed by atoms with Crippen LogP contribution in [0, 0.1) is 24.0 Å². The molecule has 30 heavy (non-hydrogen) atoms. The summed E-state index contributed by atoms with van der Waals surface area (Å²) in [5.41, 5.74) is 6.46. The summed E-state index contributed by atoms with van der Waals surface area (Å²) < 4.78 is 5.87. The monoisotopic (exact) mass is 397 g/mol. The number of nitro benzene ring substituents is 1. The Kier molecular flexibility index (Phi) is 5.22. The summed E-state index contributed by atoms with van der Waals surface area (Å²) in [5.74, 6) is 0.590. The summed E-state index contributed by atoms with van der Waals surface area (Å²) in [6, 6.07) is 18.2. The van der Waals surface area contributed by atoms with E-state index in [1.165, 1.54) is 12.1 Å². The van der Waals surface area contributed by atoms with Gasteiger partial charge in [0.15, 0.2) is 5.58 Å². The molecular weight excluding hydrogens is 378 g/mol. The zero-order chi connectivity index (χ0) is 21.1. The molecule has 4 aromatic rings. The first-order valence-corrected chi connectivity index (χ1v) is 9.43. The molecule has 1 heterocycles. The molecule has 0 atom stereocenters. The van der Waals surface area contributed by atoms with Gasteiger partial charge in [-0.15, -0.1) is 0 Å². The third kappa shape index (κ3) is 4.17. The fourth-order valence-corrected chi connectivity index (χ4v) is 3.08. The van der Waals surface area contributed by atoms with Gasteiger partial charge in [-0.2, -0.15) is 0 Å². The lowest BCUT2D eigenvalue weighted by molar-refractivity contribution is -0.384. The Labute approximate surface area is 173 Å². The van der Waals surface area contributed by atoms with Crippen LogP contribution in [0.5, 0.6) is 0 Å². The number of hydrogen-bond donors (Lipinski definition) is 0. The highest BCUT2D eigenvalue weighted by atomic mass is 16.6. The minimum Gasteiger partial charge on any atom is -0.436 e. The smallest absolute Gasteiger partial charge is 0.269 e. The average Bonchev–Trinajstić information content (AvgIpc) is 3.15. The number of aryl methyl sites for hydroxylation is 2. The highest BCUT2D eigenvalue weighted by molar-refractivity contribution is 5.81. The molecule has 0 bridgehead atoms. The van der Waals surface area contributed by atoms with Crippen LogP contribution in [0.15, 0.2) is 76.1 Å². The van der Waals surface area contributed by atoms with E-state index in [1.54, 1.807) is 24.4 Å². The van der Waals surface area contributed by atoms with Crippen molar-refractivity contribution in [2.24, 2.45) is 4.99 Å². The summed E-state index contributed by atoms with van der Waals surface area (Å²) in [5, 5.41) is 10.7. The normalized spacial score (nSPS) is 11.7. The molecule has 0 spiro atoms. The average molecular weight is 397 g/mol. The second-order valence-electron chi connectivity index (χ2n) is 6.98. The molecule has 0 saturated heterocycles. The quantitative estimate of drug-likeness (QED) is 0.220. The summed E-state index contributed by atoms with van der Waals surface area (Å²) in [6.07, 6.45) is 5.35. The van der Waals surface area contributed by atoms with Crippen LogP contribution in [0.1, 0.15) is 16.7 Å². The molecule has 0 aliphatic heterocycles. The zero-order valence-corrected chi connectivity index (χ0v) is 16.6. The first-order valence-electron chi connectivity index (χ1n) is 9.43. The molecule has 0 unspecified atom stereocenters. The summed E-state index contributed by atoms with van der Waals surface area (Å²) in [4.78, 5) is 19.3. The molecule has 0 aliphatic rings. The number of aromatic nitrogens is 1. The molecule has 6 nitrogen and oxygen atoms in total. The highest BCUT2D eigenvalue weighted by Crippen LogP contribution is 2.28. The lowest BCUT2D eigenvalue weighted by Gasteiger charge is -2.02. The molecule has 0 aliphatic carbocycles. The maximum Gasteiger partial charge on any atom is 0.269 e. The molecule has 1 aromatic heterocycles. The van der Waals surface area contributed by atoms with E-state index in [-0.39, 0.29) is 5.69 Å². The van der Waals surface area contributed by atoms with Crippen molar-refractivity contribution in [2.75, 3.05) is 0 Å². The topological polar surface area (TPSA) is 81.5 Å². The van der Waals surface area contributed by atoms with Gasteiger partial charge < -0.3 is 4.42 Å². The van der Waals surface area contributed by atoms with E-state index in [1.807, 2.05) is 56.3 Å². The van der Waals surface area contributed by atoms with Crippen molar-refractivity contribution in [2.45, 2.75) is 13.8 Å². The van der Waals surface area contributed by atoms with Gasteiger partial charge in [0.1, 0.15) is 5.52 Å². The summed E-state index contributed by atoms with van der Waals surface area (Å²) >= 11 is 0. The SMILES string of the molecule is Cc1ccc2oc(-c3ccc(N=CC=Cc4ccc([N+](=O)[O-])cc4)c(C)c3)nc2c1. The van der Waals surface area contributed by atoms with Gasteiger partial charge in [0.25, 0.3) is 5.69 Å². The number of fused-ring (bicyclic) bond motifs is 1. The lowest BCUT2D eigenvalue weighted by atomic mass is 10.1. The number of nitrogens with zero attached hydrogens (tertiary/aromatic N) is 3. The Morgan fingerprint density at radius 1 is 1.03 bits per heavy atom. The van der Waals surface area contributed by atoms with E-state index in [4.69, 9.17) is 4.42 Å². The van der Waals surface area contributed by atoms with Crippen molar-refractivity contribution in [3.8, 4) is 11.5 Å². The van der Waals surface area contributed by atoms with Crippen molar-refractivity contribution in [1.82, 2.24) is 4.98 Å². The van der Waals surface area contributed by atoms with Gasteiger partial charge in [0.05, 0.1) is 10.6 Å². The van der Waals surface area contributed by atoms with Crippen LogP contribution < -0.4 is 0 Å². The third-order valence-electron chi connectivity index (χ3n) is 4.68. The second-order valence-corrected chi connectivity index (χ2v) is 6.98. The van der Waals surface area contributed by atoms with Crippen LogP contribution in [-0.2, 0) is 0 Å². The van der Waals surface area contributed by atoms with Crippen molar-refractivity contribution in [1.29, 1.82) is 0 Å². The van der Waals surface area contributed by atoms with Crippen LogP contribution in [-0.4, -0.2) is 16.1 Å². The molecule has 0 fully saturated rings. The van der Waals surface area contributed by atoms with E-state index >= 15 is 0 Å². The fraction of sp³-hybridized carbons (Fsp3) is 0.0833. The fourth-order valence-electron chi connectivity index (χ4n) is 3.08. The number of benzene rings is 3. The molecular formula is C24H19N3O3. The third-order valence-corrected chi connectivity index (χ3v) is 4.68. The number of non-ortho nitro benzene ring substituents is 1. The number of aliphatic imine (C=N–C) groups is 1. The highest BCUT2D eigenvalue weighted by Gasteiger charge is 2.09. The number of nitro groups is 1. The molecule has 148 valence electrons. The first-order chi connectivity index (χ1) is 14.5. The lowest BCUT2D eigenvalue weighted by Crippen LogP contribution is -1.86. The summed E-state index contributed by atoms with van der Waals surface area (Å²) in [6.45, 7) is 4.02. The van der Waals surface area contributed by atoms with E-state index in [0.717, 1.165) is 39.0 Å². The Morgan fingerprint density at radius 3 is 2.57 bits per heavy atom. The van der Waals surface area contributed by atoms with Gasteiger partial charge in [-0.1, -0.05) is 12.1 Å². The predicted molar refractivity (Wildman–Crippen MR) is 119 cm³/mol. The van der Waals surface area contributed by atoms with E-state index in [2.05, 4.69) is 9.98 Å². The molecule has 0 amide bonds. The minimum absolute atomic E-state index is 0.0746. The first kappa shape index (κ1) is 19.3. The van der Waals surface area contributed by atoms with E-state index in [9.17, 15) is 10.1 Å². The van der Waals surface area contributed by atoms with Gasteiger partial charge in [0, 0.05) is 23.9 Å². The van der Waals surface area contributed by atoms with Crippen molar-refractivity contribution < 1.29 is 9.34 Å². The molecule has 3 aromatic carbocycles. The van der Waals surface area contributed by atoms with Crippen LogP contribution >= 0.6 is 0 Å². The van der Waals surface area contributed by atoms with Crippen molar-refractivity contribution >= 4 is 34.8 Å². The molecule has 6 heteroatoms. The Morgan fingerprint density at radius 2 is 1.83 bits per heavy atom. The van der Waals surface area contributed by atoms with E-state index < -0.39 is 4.92 Å². The standard InChI is InChI=1S/C24H19N3O3/c1-16-5-12-23-22(14-16)26-24(30-23)19-8-11-21(17(2)15-19)25-13-3-4-18-6-9-20(10-7-18)27(28)29/h3-15H,1-2H3. The van der Waals surface area contributed by atoms with Crippen molar-refractivity contribution in [3.63, 3.8) is 0 Å². The summed E-state index contributed by atoms with van der Waals surface area (Å²) in [7, 11) is 0. The Hall–Kier alpha value is -4.06. The van der Waals surface area contributed by atoms with Gasteiger partial charge in [-0.25, -0.2) is 4.98 Å². The Bertz CT molecular complexity index is 1290. The largest absolute Gasteiger partial charge is 0.436 e. The number of rotatable bonds is 5. The van der Waals surface area contributed by atoms with Crippen LogP contribution in [0.4, 0.5) is 11.4 Å². The molecule has 0 saturated carbocycles. The van der Waals surface area contributed by atoms with Gasteiger partial charge in [-0.3, -0.25) is 15.1 Å². The second kappa shape index (κ2) is 8.13. The van der Waals surface area contributed by atoms with E-state index in [0.29, 0.717) is 5.89 Å². The molecule has 0 N–H and O–H groups in total. The van der Waals surface area contributed by atoms with Crippen molar-refractivity contribution in [3.05, 3.63) is 93.5 Å². The maximum atomic E-state index is 10.7. The minimum atomic E-state index is -0.413. The number of allylic oxidation sites excluding steroid dienone is 1. The van der Waals surface area contributed by atoms with Gasteiger partial charge in [0.2, 0.25) is 5.89 Å². The molecule has 4 rings (SSSR count). The predicted octanol–water partition coefficient (Wildman–Crippen LogP) is 6.44.